The van der Waals surface area contributed by atoms with Crippen molar-refractivity contribution >= 4 is 5.91 Å². The molecule has 2 aromatic carbocycles. The first kappa shape index (κ1) is 22.1. The maximum Gasteiger partial charge on any atom is 0.255 e. The number of carbonyl (C=O) groups is 1. The molecular formula is C23H29FN2O4. The predicted molar refractivity (Wildman–Crippen MR) is 113 cm³/mol. The number of ether oxygens (including phenoxy) is 3. The van der Waals surface area contributed by atoms with E-state index in [-0.39, 0.29) is 17.8 Å². The quantitative estimate of drug-likeness (QED) is 0.636. The zero-order valence-corrected chi connectivity index (χ0v) is 17.5. The Kier molecular flexibility index (Phi) is 8.04. The third-order valence-electron chi connectivity index (χ3n) is 5.17. The Morgan fingerprint density at radius 2 is 1.87 bits per heavy atom. The molecule has 0 aromatic heterocycles. The average molecular weight is 416 g/mol. The molecule has 0 spiro atoms. The van der Waals surface area contributed by atoms with Gasteiger partial charge in [0.25, 0.3) is 5.91 Å². The van der Waals surface area contributed by atoms with Crippen molar-refractivity contribution in [3.8, 4) is 11.5 Å². The van der Waals surface area contributed by atoms with Crippen molar-refractivity contribution in [3.63, 3.8) is 0 Å². The van der Waals surface area contributed by atoms with Gasteiger partial charge in [0.1, 0.15) is 23.4 Å². The van der Waals surface area contributed by atoms with Crippen LogP contribution in [0.3, 0.4) is 0 Å². The van der Waals surface area contributed by atoms with Crippen molar-refractivity contribution in [1.82, 2.24) is 10.2 Å². The molecule has 2 aromatic rings. The Labute approximate surface area is 176 Å². The lowest BCUT2D eigenvalue weighted by molar-refractivity contribution is 0.0881. The van der Waals surface area contributed by atoms with E-state index in [0.29, 0.717) is 30.2 Å². The van der Waals surface area contributed by atoms with Crippen LogP contribution in [-0.2, 0) is 11.3 Å². The number of likely N-dealkylation sites (tertiary alicyclic amines) is 1. The van der Waals surface area contributed by atoms with Crippen molar-refractivity contribution in [1.29, 1.82) is 0 Å². The van der Waals surface area contributed by atoms with Crippen LogP contribution >= 0.6 is 0 Å². The summed E-state index contributed by atoms with van der Waals surface area (Å²) in [6.07, 6.45) is 1.72. The maximum absolute atomic E-state index is 13.1. The van der Waals surface area contributed by atoms with Gasteiger partial charge < -0.3 is 19.5 Å². The normalized spacial score (nSPS) is 15.0. The molecule has 1 amide bonds. The second-order valence-electron chi connectivity index (χ2n) is 7.33. The fraction of sp³-hybridized carbons (Fsp3) is 0.435. The zero-order chi connectivity index (χ0) is 21.3. The molecule has 0 radical (unpaired) electrons. The summed E-state index contributed by atoms with van der Waals surface area (Å²) in [7, 11) is 3.18. The number of amides is 1. The van der Waals surface area contributed by atoms with Crippen LogP contribution in [0.4, 0.5) is 4.39 Å². The summed E-state index contributed by atoms with van der Waals surface area (Å²) in [4.78, 5) is 14.9. The van der Waals surface area contributed by atoms with Crippen molar-refractivity contribution < 1.29 is 23.4 Å². The molecule has 1 fully saturated rings. The molecule has 1 saturated heterocycles. The van der Waals surface area contributed by atoms with Gasteiger partial charge in [0.15, 0.2) is 0 Å². The van der Waals surface area contributed by atoms with Crippen molar-refractivity contribution in [2.24, 2.45) is 0 Å². The summed E-state index contributed by atoms with van der Waals surface area (Å²) >= 11 is 0. The van der Waals surface area contributed by atoms with Crippen LogP contribution in [0.25, 0.3) is 0 Å². The third-order valence-corrected chi connectivity index (χ3v) is 5.17. The Hall–Kier alpha value is -2.64. The number of hydrogen-bond donors (Lipinski definition) is 1. The number of piperidine rings is 1. The van der Waals surface area contributed by atoms with Gasteiger partial charge in [-0.1, -0.05) is 12.1 Å². The molecule has 30 heavy (non-hydrogen) atoms. The Morgan fingerprint density at radius 3 is 2.53 bits per heavy atom. The summed E-state index contributed by atoms with van der Waals surface area (Å²) in [6.45, 7) is 3.43. The van der Waals surface area contributed by atoms with Crippen molar-refractivity contribution in [2.45, 2.75) is 25.5 Å². The van der Waals surface area contributed by atoms with Crippen LogP contribution < -0.4 is 14.8 Å². The van der Waals surface area contributed by atoms with E-state index in [1.54, 1.807) is 32.4 Å². The van der Waals surface area contributed by atoms with Crippen molar-refractivity contribution in [3.05, 3.63) is 59.4 Å². The summed E-state index contributed by atoms with van der Waals surface area (Å²) in [6, 6.07) is 11.9. The Balaban J connectivity index is 1.59. The number of halogens is 1. The summed E-state index contributed by atoms with van der Waals surface area (Å²) in [5, 5.41) is 2.83. The third kappa shape index (κ3) is 6.18. The molecule has 0 bridgehead atoms. The first-order valence-corrected chi connectivity index (χ1v) is 10.2. The standard InChI is InChI=1S/C23H29FN2O4/c1-28-14-11-25-23(27)21-8-7-20(29-2)15-22(21)30-19-9-12-26(13-10-19)16-17-3-5-18(24)6-4-17/h3-8,15,19H,9-14,16H2,1-2H3,(H,25,27). The minimum Gasteiger partial charge on any atom is -0.497 e. The second-order valence-corrected chi connectivity index (χ2v) is 7.33. The minimum absolute atomic E-state index is 0.0205. The molecule has 1 aliphatic rings. The highest BCUT2D eigenvalue weighted by atomic mass is 19.1. The molecule has 7 heteroatoms. The van der Waals surface area contributed by atoms with E-state index >= 15 is 0 Å². The molecule has 6 nitrogen and oxygen atoms in total. The lowest BCUT2D eigenvalue weighted by Gasteiger charge is -2.32. The van der Waals surface area contributed by atoms with Crippen LogP contribution in [0, 0.1) is 5.82 Å². The van der Waals surface area contributed by atoms with E-state index in [2.05, 4.69) is 10.2 Å². The van der Waals surface area contributed by atoms with Gasteiger partial charge in [0, 0.05) is 39.4 Å². The molecule has 0 aliphatic carbocycles. The summed E-state index contributed by atoms with van der Waals surface area (Å²) in [5.41, 5.74) is 1.58. The molecule has 1 N–H and O–H groups in total. The summed E-state index contributed by atoms with van der Waals surface area (Å²) < 4.78 is 29.6. The number of hydrogen-bond acceptors (Lipinski definition) is 5. The highest BCUT2D eigenvalue weighted by Gasteiger charge is 2.23. The number of methoxy groups -OCH3 is 2. The van der Waals surface area contributed by atoms with Crippen LogP contribution in [0.5, 0.6) is 11.5 Å². The van der Waals surface area contributed by atoms with Crippen LogP contribution in [-0.4, -0.2) is 57.4 Å². The number of carbonyl (C=O) groups excluding carboxylic acids is 1. The van der Waals surface area contributed by atoms with Crippen LogP contribution in [0.1, 0.15) is 28.8 Å². The Morgan fingerprint density at radius 1 is 1.13 bits per heavy atom. The van der Waals surface area contributed by atoms with E-state index in [9.17, 15) is 9.18 Å². The van der Waals surface area contributed by atoms with Gasteiger partial charge in [-0.25, -0.2) is 4.39 Å². The minimum atomic E-state index is -0.216. The molecular weight excluding hydrogens is 387 g/mol. The molecule has 1 aliphatic heterocycles. The molecule has 162 valence electrons. The highest BCUT2D eigenvalue weighted by Crippen LogP contribution is 2.28. The van der Waals surface area contributed by atoms with Crippen LogP contribution in [0.15, 0.2) is 42.5 Å². The fourth-order valence-corrected chi connectivity index (χ4v) is 3.49. The SMILES string of the molecule is COCCNC(=O)c1ccc(OC)cc1OC1CCN(Cc2ccc(F)cc2)CC1. The van der Waals surface area contributed by atoms with Gasteiger partial charge in [0.2, 0.25) is 0 Å². The highest BCUT2D eigenvalue weighted by molar-refractivity contribution is 5.97. The van der Waals surface area contributed by atoms with Gasteiger partial charge in [-0.3, -0.25) is 9.69 Å². The first-order chi connectivity index (χ1) is 14.6. The average Bonchev–Trinajstić information content (AvgIpc) is 2.76. The first-order valence-electron chi connectivity index (χ1n) is 10.2. The molecule has 3 rings (SSSR count). The fourth-order valence-electron chi connectivity index (χ4n) is 3.49. The van der Waals surface area contributed by atoms with E-state index in [0.717, 1.165) is 38.0 Å². The number of rotatable bonds is 9. The van der Waals surface area contributed by atoms with E-state index in [1.165, 1.54) is 12.1 Å². The smallest absolute Gasteiger partial charge is 0.255 e. The lowest BCUT2D eigenvalue weighted by atomic mass is 10.1. The molecule has 1 heterocycles. The number of benzene rings is 2. The number of nitrogens with zero attached hydrogens (tertiary/aromatic N) is 1. The van der Waals surface area contributed by atoms with E-state index in [1.807, 2.05) is 12.1 Å². The van der Waals surface area contributed by atoms with Gasteiger partial charge in [0.05, 0.1) is 19.3 Å². The topological polar surface area (TPSA) is 60.0 Å². The molecule has 0 saturated carbocycles. The second kappa shape index (κ2) is 10.9. The lowest BCUT2D eigenvalue weighted by Crippen LogP contribution is -2.38. The van der Waals surface area contributed by atoms with E-state index < -0.39 is 0 Å². The van der Waals surface area contributed by atoms with Gasteiger partial charge in [-0.05, 0) is 42.7 Å². The van der Waals surface area contributed by atoms with Gasteiger partial charge in [-0.2, -0.15) is 0 Å². The van der Waals surface area contributed by atoms with Gasteiger partial charge >= 0.3 is 0 Å². The zero-order valence-electron chi connectivity index (χ0n) is 17.5. The molecule has 0 atom stereocenters. The maximum atomic E-state index is 13.1. The van der Waals surface area contributed by atoms with Crippen LogP contribution in [0.2, 0.25) is 0 Å². The Bertz CT molecular complexity index is 820. The number of nitrogens with one attached hydrogen (secondary N) is 1. The monoisotopic (exact) mass is 416 g/mol. The van der Waals surface area contributed by atoms with E-state index in [4.69, 9.17) is 14.2 Å². The van der Waals surface area contributed by atoms with Gasteiger partial charge in [-0.15, -0.1) is 0 Å². The predicted octanol–water partition coefficient (Wildman–Crippen LogP) is 3.25. The van der Waals surface area contributed by atoms with Crippen molar-refractivity contribution in [2.75, 3.05) is 40.5 Å². The summed E-state index contributed by atoms with van der Waals surface area (Å²) in [5.74, 6) is 0.762. The molecule has 0 unspecified atom stereocenters. The largest absolute Gasteiger partial charge is 0.497 e.